The average molecular weight is 212 g/mol. The van der Waals surface area contributed by atoms with E-state index in [1.807, 2.05) is 0 Å². The van der Waals surface area contributed by atoms with Gasteiger partial charge >= 0.3 is 7.82 Å². The van der Waals surface area contributed by atoms with E-state index in [2.05, 4.69) is 3.97 Å². The van der Waals surface area contributed by atoms with Crippen LogP contribution in [0.15, 0.2) is 0 Å². The smallest absolute Gasteiger partial charge is 0.302 e. The number of rotatable bonds is 3. The predicted molar refractivity (Wildman–Crippen MR) is 47.6 cm³/mol. The maximum Gasteiger partial charge on any atom is 0.480 e. The van der Waals surface area contributed by atoms with Crippen molar-refractivity contribution in [2.75, 3.05) is 0 Å². The summed E-state index contributed by atoms with van der Waals surface area (Å²) in [5, 5.41) is 0.270. The van der Waals surface area contributed by atoms with Crippen molar-refractivity contribution in [3.63, 3.8) is 0 Å². The third-order valence-corrected chi connectivity index (χ3v) is 3.69. The lowest BCUT2D eigenvalue weighted by Crippen LogP contribution is -2.07. The fourth-order valence-electron chi connectivity index (χ4n) is 1.28. The van der Waals surface area contributed by atoms with Gasteiger partial charge in [0.25, 0.3) is 0 Å². The van der Waals surface area contributed by atoms with Gasteiger partial charge in [0.05, 0.1) is 0 Å². The fourth-order valence-corrected chi connectivity index (χ4v) is 2.74. The molecule has 0 aliphatic heterocycles. The molecular weight excluding hydrogens is 199 g/mol. The van der Waals surface area contributed by atoms with Crippen LogP contribution in [0, 0.1) is 0 Å². The van der Waals surface area contributed by atoms with Crippen molar-refractivity contribution in [3.05, 3.63) is 0 Å². The minimum absolute atomic E-state index is 0.270. The highest BCUT2D eigenvalue weighted by Gasteiger charge is 2.21. The van der Waals surface area contributed by atoms with Crippen LogP contribution in [-0.4, -0.2) is 15.0 Å². The van der Waals surface area contributed by atoms with Gasteiger partial charge in [-0.25, -0.2) is 8.54 Å². The second-order valence-electron chi connectivity index (χ2n) is 2.92. The molecule has 0 radical (unpaired) electrons. The molecule has 0 saturated heterocycles. The van der Waals surface area contributed by atoms with Gasteiger partial charge in [0, 0.05) is 17.3 Å². The van der Waals surface area contributed by atoms with E-state index < -0.39 is 7.82 Å². The highest BCUT2D eigenvalue weighted by molar-refractivity contribution is 7.98. The first-order chi connectivity index (χ1) is 5.58. The average Bonchev–Trinajstić information content (AvgIpc) is 2.02. The maximum atomic E-state index is 10.3. The first-order valence-electron chi connectivity index (χ1n) is 3.98. The predicted octanol–water partition coefficient (Wildman–Crippen LogP) is 2.08. The Balaban J connectivity index is 2.17. The van der Waals surface area contributed by atoms with Gasteiger partial charge in [-0.2, -0.15) is 0 Å². The lowest BCUT2D eigenvalue weighted by Gasteiger charge is -2.19. The number of phosphoric acid groups is 1. The van der Waals surface area contributed by atoms with Gasteiger partial charge < -0.3 is 9.79 Å². The van der Waals surface area contributed by atoms with E-state index in [-0.39, 0.29) is 5.25 Å². The number of hydrogen-bond acceptors (Lipinski definition) is 3. The van der Waals surface area contributed by atoms with Crippen LogP contribution in [-0.2, 0) is 8.54 Å². The molecule has 0 aromatic rings. The summed E-state index contributed by atoms with van der Waals surface area (Å²) in [6.07, 6.45) is 5.52. The second kappa shape index (κ2) is 4.63. The van der Waals surface area contributed by atoms with Crippen LogP contribution in [0.4, 0.5) is 0 Å². The van der Waals surface area contributed by atoms with Crippen LogP contribution in [0.5, 0.6) is 0 Å². The number of hydrogen-bond donors (Lipinski definition) is 2. The van der Waals surface area contributed by atoms with E-state index in [0.717, 1.165) is 37.7 Å². The van der Waals surface area contributed by atoms with Gasteiger partial charge in [0.1, 0.15) is 0 Å². The van der Waals surface area contributed by atoms with Gasteiger partial charge in [-0.3, -0.25) is 0 Å². The molecule has 2 N–H and O–H groups in total. The molecule has 0 aromatic heterocycles. The van der Waals surface area contributed by atoms with Gasteiger partial charge in [-0.05, 0) is 12.8 Å². The molecule has 12 heavy (non-hydrogen) atoms. The van der Waals surface area contributed by atoms with Crippen LogP contribution in [0.1, 0.15) is 32.1 Å². The van der Waals surface area contributed by atoms with Crippen LogP contribution in [0.25, 0.3) is 0 Å². The Hall–Kier alpha value is 0.460. The minimum atomic E-state index is -4.27. The quantitative estimate of drug-likeness (QED) is 0.553. The van der Waals surface area contributed by atoms with Crippen molar-refractivity contribution in [1.29, 1.82) is 0 Å². The van der Waals surface area contributed by atoms with Crippen LogP contribution < -0.4 is 0 Å². The van der Waals surface area contributed by atoms with E-state index in [4.69, 9.17) is 9.79 Å². The van der Waals surface area contributed by atoms with E-state index in [1.165, 1.54) is 6.42 Å². The third-order valence-electron chi connectivity index (χ3n) is 1.83. The Bertz CT molecular complexity index is 174. The molecule has 1 saturated carbocycles. The molecule has 0 spiro atoms. The Kier molecular flexibility index (Phi) is 4.06. The van der Waals surface area contributed by atoms with Crippen molar-refractivity contribution in [2.45, 2.75) is 37.4 Å². The monoisotopic (exact) mass is 212 g/mol. The van der Waals surface area contributed by atoms with Crippen LogP contribution >= 0.6 is 19.9 Å². The van der Waals surface area contributed by atoms with Crippen molar-refractivity contribution >= 4 is 19.9 Å². The summed E-state index contributed by atoms with van der Waals surface area (Å²) >= 11 is 0.941. The minimum Gasteiger partial charge on any atom is -0.302 e. The molecule has 1 fully saturated rings. The Morgan fingerprint density at radius 3 is 2.33 bits per heavy atom. The topological polar surface area (TPSA) is 66.8 Å². The summed E-state index contributed by atoms with van der Waals surface area (Å²) in [6, 6.07) is 0. The third kappa shape index (κ3) is 4.48. The molecule has 72 valence electrons. The van der Waals surface area contributed by atoms with Gasteiger partial charge in [0.15, 0.2) is 0 Å². The summed E-state index contributed by atoms with van der Waals surface area (Å²) in [6.45, 7) is 0. The molecule has 0 unspecified atom stereocenters. The molecule has 4 nitrogen and oxygen atoms in total. The fraction of sp³-hybridized carbons (Fsp3) is 1.00. The zero-order valence-electron chi connectivity index (χ0n) is 6.68. The molecule has 1 aliphatic rings. The molecule has 1 aliphatic carbocycles. The molecule has 0 aromatic carbocycles. The Labute approximate surface area is 76.1 Å². The van der Waals surface area contributed by atoms with Gasteiger partial charge in [0.2, 0.25) is 0 Å². The SMILES string of the molecule is O=P(O)(O)OSC1CCCCC1. The van der Waals surface area contributed by atoms with E-state index >= 15 is 0 Å². The summed E-state index contributed by atoms with van der Waals surface area (Å²) in [5.41, 5.74) is 0. The van der Waals surface area contributed by atoms with Gasteiger partial charge in [-0.1, -0.05) is 19.3 Å². The highest BCUT2D eigenvalue weighted by Crippen LogP contribution is 2.44. The Morgan fingerprint density at radius 1 is 1.25 bits per heavy atom. The molecule has 0 atom stereocenters. The van der Waals surface area contributed by atoms with Crippen molar-refractivity contribution in [3.8, 4) is 0 Å². The highest BCUT2D eigenvalue weighted by atomic mass is 32.2. The lowest BCUT2D eigenvalue weighted by molar-refractivity contribution is 0.296. The largest absolute Gasteiger partial charge is 0.480 e. The van der Waals surface area contributed by atoms with E-state index in [1.54, 1.807) is 0 Å². The first-order valence-corrected chi connectivity index (χ1v) is 6.32. The van der Waals surface area contributed by atoms with Crippen molar-refractivity contribution in [1.82, 2.24) is 0 Å². The second-order valence-corrected chi connectivity index (χ2v) is 5.36. The zero-order valence-corrected chi connectivity index (χ0v) is 8.39. The lowest BCUT2D eigenvalue weighted by atomic mass is 10.0. The molecule has 0 amide bonds. The molecule has 1 rings (SSSR count). The van der Waals surface area contributed by atoms with Crippen LogP contribution in [0.3, 0.4) is 0 Å². The summed E-state index contributed by atoms with van der Waals surface area (Å²) in [4.78, 5) is 16.8. The molecular formula is C6H13O4PS. The van der Waals surface area contributed by atoms with Crippen molar-refractivity contribution < 1.29 is 18.3 Å². The molecule has 0 bridgehead atoms. The zero-order chi connectivity index (χ0) is 9.03. The van der Waals surface area contributed by atoms with E-state index in [9.17, 15) is 4.57 Å². The molecule has 6 heteroatoms. The van der Waals surface area contributed by atoms with E-state index in [0.29, 0.717) is 0 Å². The first kappa shape index (κ1) is 10.5. The maximum absolute atomic E-state index is 10.3. The Morgan fingerprint density at radius 2 is 1.83 bits per heavy atom. The normalized spacial score (nSPS) is 21.2. The summed E-state index contributed by atoms with van der Waals surface area (Å²) in [7, 11) is -4.27. The summed E-state index contributed by atoms with van der Waals surface area (Å²) in [5.74, 6) is 0. The summed E-state index contributed by atoms with van der Waals surface area (Å²) < 4.78 is 14.7. The van der Waals surface area contributed by atoms with Gasteiger partial charge in [-0.15, -0.1) is 0 Å². The van der Waals surface area contributed by atoms with Crippen molar-refractivity contribution in [2.24, 2.45) is 0 Å². The standard InChI is InChI=1S/C6H13O4PS/c7-11(8,9)10-12-6-4-2-1-3-5-6/h6H,1-5H2,(H2,7,8,9). The van der Waals surface area contributed by atoms with Crippen LogP contribution in [0.2, 0.25) is 0 Å². The molecule has 0 heterocycles.